The monoisotopic (exact) mass is 387 g/mol. The summed E-state index contributed by atoms with van der Waals surface area (Å²) in [5.74, 6) is 0.873. The molecule has 0 spiro atoms. The van der Waals surface area contributed by atoms with Gasteiger partial charge in [0.1, 0.15) is 5.75 Å². The summed E-state index contributed by atoms with van der Waals surface area (Å²) in [6.45, 7) is 4.71. The third-order valence-corrected chi connectivity index (χ3v) is 4.87. The van der Waals surface area contributed by atoms with E-state index in [1.54, 1.807) is 0 Å². The van der Waals surface area contributed by atoms with Gasteiger partial charge in [-0.05, 0) is 59.6 Å². The van der Waals surface area contributed by atoms with Gasteiger partial charge >= 0.3 is 0 Å². The summed E-state index contributed by atoms with van der Waals surface area (Å²) < 4.78 is 6.23. The molecule has 2 nitrogen and oxygen atoms in total. The minimum absolute atomic E-state index is 0.107. The highest BCUT2D eigenvalue weighted by atomic mass is 79.9. The van der Waals surface area contributed by atoms with Crippen LogP contribution in [0.15, 0.2) is 40.9 Å². The van der Waals surface area contributed by atoms with Crippen molar-refractivity contribution in [3.8, 4) is 5.75 Å². The number of nitrogens with one attached hydrogen (secondary N) is 1. The lowest BCUT2D eigenvalue weighted by molar-refractivity contribution is 0.340. The molecule has 2 aromatic carbocycles. The SMILES string of the molecule is CCOc1ccc(C(C)Nc2ccc(Br)c(Cl)c2Cl)cc1. The lowest BCUT2D eigenvalue weighted by Gasteiger charge is -2.18. The van der Waals surface area contributed by atoms with Crippen LogP contribution in [0.1, 0.15) is 25.5 Å². The summed E-state index contributed by atoms with van der Waals surface area (Å²) in [5.41, 5.74) is 1.96. The number of benzene rings is 2. The summed E-state index contributed by atoms with van der Waals surface area (Å²) in [6, 6.07) is 11.9. The Bertz CT molecular complexity index is 616. The molecule has 0 heterocycles. The van der Waals surface area contributed by atoms with E-state index in [1.807, 2.05) is 43.3 Å². The molecular formula is C16H16BrCl2NO. The number of hydrogen-bond acceptors (Lipinski definition) is 2. The highest BCUT2D eigenvalue weighted by Gasteiger charge is 2.12. The van der Waals surface area contributed by atoms with Crippen molar-refractivity contribution in [1.82, 2.24) is 0 Å². The van der Waals surface area contributed by atoms with Crippen LogP contribution in [0.5, 0.6) is 5.75 Å². The smallest absolute Gasteiger partial charge is 0.119 e. The predicted molar refractivity (Wildman–Crippen MR) is 93.8 cm³/mol. The molecule has 0 aliphatic carbocycles. The zero-order valence-corrected chi connectivity index (χ0v) is 14.9. The molecule has 2 rings (SSSR count). The highest BCUT2D eigenvalue weighted by Crippen LogP contribution is 2.37. The van der Waals surface area contributed by atoms with E-state index in [9.17, 15) is 0 Å². The van der Waals surface area contributed by atoms with Crippen molar-refractivity contribution in [2.24, 2.45) is 0 Å². The third kappa shape index (κ3) is 4.06. The fraction of sp³-hybridized carbons (Fsp3) is 0.250. The molecule has 0 radical (unpaired) electrons. The Kier molecular flexibility index (Phi) is 5.80. The minimum Gasteiger partial charge on any atom is -0.494 e. The molecule has 0 saturated carbocycles. The fourth-order valence-electron chi connectivity index (χ4n) is 1.97. The van der Waals surface area contributed by atoms with Gasteiger partial charge in [-0.3, -0.25) is 0 Å². The van der Waals surface area contributed by atoms with Gasteiger partial charge < -0.3 is 10.1 Å². The van der Waals surface area contributed by atoms with Crippen molar-refractivity contribution in [3.05, 3.63) is 56.5 Å². The number of ether oxygens (including phenoxy) is 1. The Morgan fingerprint density at radius 2 is 1.76 bits per heavy atom. The molecule has 0 aliphatic rings. The van der Waals surface area contributed by atoms with Gasteiger partial charge in [-0.15, -0.1) is 0 Å². The maximum absolute atomic E-state index is 6.25. The molecule has 21 heavy (non-hydrogen) atoms. The van der Waals surface area contributed by atoms with Crippen LogP contribution < -0.4 is 10.1 Å². The van der Waals surface area contributed by atoms with Gasteiger partial charge in [0.05, 0.1) is 22.3 Å². The number of anilines is 1. The fourth-order valence-corrected chi connectivity index (χ4v) is 2.80. The summed E-state index contributed by atoms with van der Waals surface area (Å²) in [4.78, 5) is 0. The van der Waals surface area contributed by atoms with Gasteiger partial charge in [0.15, 0.2) is 0 Å². The molecule has 0 aliphatic heterocycles. The maximum atomic E-state index is 6.25. The normalized spacial score (nSPS) is 12.0. The summed E-state index contributed by atoms with van der Waals surface area (Å²) in [6.07, 6.45) is 0. The Morgan fingerprint density at radius 3 is 2.38 bits per heavy atom. The number of hydrogen-bond donors (Lipinski definition) is 1. The van der Waals surface area contributed by atoms with Crippen LogP contribution in [0, 0.1) is 0 Å². The topological polar surface area (TPSA) is 21.3 Å². The quantitative estimate of drug-likeness (QED) is 0.604. The Hall–Kier alpha value is -0.900. The second kappa shape index (κ2) is 7.39. The molecule has 1 atom stereocenters. The first-order valence-electron chi connectivity index (χ1n) is 6.65. The summed E-state index contributed by atoms with van der Waals surface area (Å²) in [5, 5.41) is 4.40. The first-order chi connectivity index (χ1) is 10.0. The van der Waals surface area contributed by atoms with Crippen LogP contribution in [0.2, 0.25) is 10.0 Å². The van der Waals surface area contributed by atoms with Gasteiger partial charge in [0.2, 0.25) is 0 Å². The lowest BCUT2D eigenvalue weighted by Crippen LogP contribution is -2.07. The zero-order valence-electron chi connectivity index (χ0n) is 11.8. The van der Waals surface area contributed by atoms with E-state index in [-0.39, 0.29) is 6.04 Å². The molecule has 1 N–H and O–H groups in total. The van der Waals surface area contributed by atoms with Crippen molar-refractivity contribution < 1.29 is 4.74 Å². The van der Waals surface area contributed by atoms with Crippen molar-refractivity contribution in [1.29, 1.82) is 0 Å². The first-order valence-corrected chi connectivity index (χ1v) is 8.20. The molecule has 5 heteroatoms. The maximum Gasteiger partial charge on any atom is 0.119 e. The lowest BCUT2D eigenvalue weighted by atomic mass is 10.1. The van der Waals surface area contributed by atoms with Gasteiger partial charge in [-0.25, -0.2) is 0 Å². The third-order valence-electron chi connectivity index (χ3n) is 3.10. The molecule has 0 aromatic heterocycles. The van der Waals surface area contributed by atoms with Gasteiger partial charge in [-0.1, -0.05) is 35.3 Å². The van der Waals surface area contributed by atoms with Gasteiger partial charge in [0.25, 0.3) is 0 Å². The Morgan fingerprint density at radius 1 is 1.10 bits per heavy atom. The Labute approximate surface area is 143 Å². The average Bonchev–Trinajstić information content (AvgIpc) is 2.49. The second-order valence-electron chi connectivity index (χ2n) is 4.59. The molecule has 0 fully saturated rings. The Balaban J connectivity index is 2.14. The van der Waals surface area contributed by atoms with Crippen molar-refractivity contribution >= 4 is 44.8 Å². The molecule has 0 amide bonds. The van der Waals surface area contributed by atoms with E-state index < -0.39 is 0 Å². The van der Waals surface area contributed by atoms with Crippen LogP contribution in [0.3, 0.4) is 0 Å². The molecule has 1 unspecified atom stereocenters. The van der Waals surface area contributed by atoms with Crippen LogP contribution in [-0.2, 0) is 0 Å². The highest BCUT2D eigenvalue weighted by molar-refractivity contribution is 9.10. The standard InChI is InChI=1S/C16H16BrCl2NO/c1-3-21-12-6-4-11(5-7-12)10(2)20-14-9-8-13(17)15(18)16(14)19/h4-10,20H,3H2,1-2H3. The van der Waals surface area contributed by atoms with Crippen LogP contribution in [-0.4, -0.2) is 6.61 Å². The van der Waals surface area contributed by atoms with Gasteiger partial charge in [-0.2, -0.15) is 0 Å². The predicted octanol–water partition coefficient (Wildman–Crippen LogP) is 6.33. The molecule has 0 saturated heterocycles. The summed E-state index contributed by atoms with van der Waals surface area (Å²) >= 11 is 15.7. The molecule has 0 bridgehead atoms. The second-order valence-corrected chi connectivity index (χ2v) is 6.20. The average molecular weight is 389 g/mol. The molecule has 2 aromatic rings. The number of halogens is 3. The van der Waals surface area contributed by atoms with E-state index in [0.717, 1.165) is 21.5 Å². The molecular weight excluding hydrogens is 373 g/mol. The van der Waals surface area contributed by atoms with Crippen LogP contribution in [0.4, 0.5) is 5.69 Å². The zero-order chi connectivity index (χ0) is 15.4. The van der Waals surface area contributed by atoms with E-state index in [4.69, 9.17) is 27.9 Å². The number of rotatable bonds is 5. The minimum atomic E-state index is 0.107. The van der Waals surface area contributed by atoms with Crippen molar-refractivity contribution in [2.75, 3.05) is 11.9 Å². The molecule has 112 valence electrons. The van der Waals surface area contributed by atoms with E-state index in [2.05, 4.69) is 28.2 Å². The first kappa shape index (κ1) is 16.5. The van der Waals surface area contributed by atoms with Crippen LogP contribution in [0.25, 0.3) is 0 Å². The van der Waals surface area contributed by atoms with E-state index in [0.29, 0.717) is 16.7 Å². The van der Waals surface area contributed by atoms with Gasteiger partial charge in [0, 0.05) is 10.5 Å². The van der Waals surface area contributed by atoms with Crippen molar-refractivity contribution in [2.45, 2.75) is 19.9 Å². The summed E-state index contributed by atoms with van der Waals surface area (Å²) in [7, 11) is 0. The van der Waals surface area contributed by atoms with Crippen LogP contribution >= 0.6 is 39.1 Å². The van der Waals surface area contributed by atoms with E-state index >= 15 is 0 Å². The largest absolute Gasteiger partial charge is 0.494 e. The van der Waals surface area contributed by atoms with E-state index in [1.165, 1.54) is 0 Å². The van der Waals surface area contributed by atoms with Crippen molar-refractivity contribution in [3.63, 3.8) is 0 Å².